The van der Waals surface area contributed by atoms with Gasteiger partial charge in [-0.3, -0.25) is 4.90 Å². The van der Waals surface area contributed by atoms with E-state index in [-0.39, 0.29) is 0 Å². The summed E-state index contributed by atoms with van der Waals surface area (Å²) >= 11 is 6.14. The van der Waals surface area contributed by atoms with Gasteiger partial charge in [0.2, 0.25) is 0 Å². The minimum Gasteiger partial charge on any atom is -0.329 e. The molecule has 0 spiro atoms. The number of nitriles is 2. The van der Waals surface area contributed by atoms with Gasteiger partial charge >= 0.3 is 0 Å². The first kappa shape index (κ1) is 19.9. The molecule has 4 rings (SSSR count). The van der Waals surface area contributed by atoms with E-state index in [1.807, 2.05) is 61.1 Å². The van der Waals surface area contributed by atoms with Crippen molar-refractivity contribution in [1.29, 1.82) is 10.5 Å². The highest BCUT2D eigenvalue weighted by atomic mass is 35.5. The number of aromatic nitrogens is 2. The summed E-state index contributed by atoms with van der Waals surface area (Å²) in [5.41, 5.74) is 5.79. The van der Waals surface area contributed by atoms with Crippen molar-refractivity contribution >= 4 is 17.2 Å². The van der Waals surface area contributed by atoms with Crippen molar-refractivity contribution in [3.8, 4) is 12.1 Å². The molecule has 0 aliphatic carbocycles. The average Bonchev–Trinajstić information content (AvgIpc) is 3.20. The van der Waals surface area contributed by atoms with E-state index in [2.05, 4.69) is 26.6 Å². The molecular formula is C24H20ClN5. The van der Waals surface area contributed by atoms with E-state index in [1.165, 1.54) is 0 Å². The van der Waals surface area contributed by atoms with E-state index in [1.54, 1.807) is 0 Å². The average molecular weight is 414 g/mol. The summed E-state index contributed by atoms with van der Waals surface area (Å²) in [6.45, 7) is 2.91. The molecule has 0 saturated carbocycles. The second kappa shape index (κ2) is 8.97. The van der Waals surface area contributed by atoms with Gasteiger partial charge in [0, 0.05) is 43.0 Å². The Bertz CT molecular complexity index is 1160. The maximum absolute atomic E-state index is 9.72. The van der Waals surface area contributed by atoms with Crippen LogP contribution in [0.3, 0.4) is 0 Å². The Balaban J connectivity index is 1.48. The maximum Gasteiger partial charge on any atom is 0.0991 e. The Morgan fingerprint density at radius 3 is 2.60 bits per heavy atom. The molecule has 0 N–H and O–H groups in total. The molecule has 0 bridgehead atoms. The van der Waals surface area contributed by atoms with Crippen molar-refractivity contribution in [3.63, 3.8) is 0 Å². The topological polar surface area (TPSA) is 68.6 Å². The van der Waals surface area contributed by atoms with Gasteiger partial charge in [0.25, 0.3) is 0 Å². The number of imidazole rings is 1. The van der Waals surface area contributed by atoms with Crippen LogP contribution < -0.4 is 0 Å². The molecule has 0 amide bonds. The third-order valence-electron chi connectivity index (χ3n) is 5.35. The minimum atomic E-state index is 0.612. The molecule has 3 aromatic rings. The molecule has 0 saturated heterocycles. The summed E-state index contributed by atoms with van der Waals surface area (Å²) < 4.78 is 2.11. The van der Waals surface area contributed by atoms with E-state index >= 15 is 0 Å². The first-order chi connectivity index (χ1) is 14.7. The highest BCUT2D eigenvalue weighted by molar-refractivity contribution is 6.30. The number of rotatable bonds is 5. The highest BCUT2D eigenvalue weighted by Gasteiger charge is 2.21. The number of halogens is 1. The number of hydrogen-bond donors (Lipinski definition) is 0. The van der Waals surface area contributed by atoms with Crippen LogP contribution in [0.15, 0.2) is 66.6 Å². The fraction of sp³-hybridized carbons (Fsp3) is 0.208. The van der Waals surface area contributed by atoms with Crippen LogP contribution in [0.1, 0.15) is 28.8 Å². The lowest BCUT2D eigenvalue weighted by Gasteiger charge is -2.29. The maximum atomic E-state index is 9.72. The zero-order chi connectivity index (χ0) is 20.9. The fourth-order valence-corrected chi connectivity index (χ4v) is 3.97. The monoisotopic (exact) mass is 413 g/mol. The van der Waals surface area contributed by atoms with Crippen LogP contribution in [-0.2, 0) is 13.1 Å². The van der Waals surface area contributed by atoms with Crippen LogP contribution in [-0.4, -0.2) is 27.5 Å². The van der Waals surface area contributed by atoms with Gasteiger partial charge in [0.05, 0.1) is 29.7 Å². The van der Waals surface area contributed by atoms with Gasteiger partial charge < -0.3 is 4.57 Å². The Morgan fingerprint density at radius 2 is 1.87 bits per heavy atom. The van der Waals surface area contributed by atoms with Gasteiger partial charge in [0.1, 0.15) is 0 Å². The molecule has 5 nitrogen and oxygen atoms in total. The Kier molecular flexibility index (Phi) is 5.95. The second-order valence-corrected chi connectivity index (χ2v) is 7.80. The van der Waals surface area contributed by atoms with Gasteiger partial charge in [-0.25, -0.2) is 4.98 Å². The van der Waals surface area contributed by atoms with Crippen molar-refractivity contribution in [1.82, 2.24) is 14.5 Å². The molecule has 1 aliphatic heterocycles. The van der Waals surface area contributed by atoms with Gasteiger partial charge in [0.15, 0.2) is 0 Å². The summed E-state index contributed by atoms with van der Waals surface area (Å²) in [6, 6.07) is 19.9. The van der Waals surface area contributed by atoms with Gasteiger partial charge in [-0.2, -0.15) is 10.5 Å². The van der Waals surface area contributed by atoms with Crippen LogP contribution in [0, 0.1) is 22.7 Å². The van der Waals surface area contributed by atoms with Crippen LogP contribution in [0.4, 0.5) is 0 Å². The predicted molar refractivity (Wildman–Crippen MR) is 116 cm³/mol. The molecular weight excluding hydrogens is 394 g/mol. The lowest BCUT2D eigenvalue weighted by molar-refractivity contribution is 0.281. The first-order valence-corrected chi connectivity index (χ1v) is 10.1. The molecule has 1 aliphatic rings. The number of nitrogens with zero attached hydrogens (tertiary/aromatic N) is 5. The Labute approximate surface area is 181 Å². The molecule has 0 radical (unpaired) electrons. The minimum absolute atomic E-state index is 0.612. The van der Waals surface area contributed by atoms with Crippen molar-refractivity contribution < 1.29 is 0 Å². The molecule has 6 heteroatoms. The van der Waals surface area contributed by atoms with Crippen LogP contribution in [0.2, 0.25) is 5.02 Å². The van der Waals surface area contributed by atoms with Crippen LogP contribution in [0.25, 0.3) is 5.57 Å². The SMILES string of the molecule is N#CC1=C(c2cccc(Cl)c2)CCN(Cc2cncn2Cc2ccc(C#N)cc2)C1. The summed E-state index contributed by atoms with van der Waals surface area (Å²) in [5, 5.41) is 19.4. The Morgan fingerprint density at radius 1 is 1.03 bits per heavy atom. The molecule has 0 fully saturated rings. The van der Waals surface area contributed by atoms with Crippen molar-refractivity contribution in [2.24, 2.45) is 0 Å². The molecule has 0 unspecified atom stereocenters. The first-order valence-electron chi connectivity index (χ1n) is 9.74. The fourth-order valence-electron chi connectivity index (χ4n) is 3.78. The number of benzene rings is 2. The lowest BCUT2D eigenvalue weighted by atomic mass is 9.94. The Hall–Kier alpha value is -3.38. The van der Waals surface area contributed by atoms with Crippen molar-refractivity contribution in [3.05, 3.63) is 94.0 Å². The van der Waals surface area contributed by atoms with Crippen LogP contribution >= 0.6 is 11.6 Å². The predicted octanol–water partition coefficient (Wildman–Crippen LogP) is 4.64. The van der Waals surface area contributed by atoms with Crippen molar-refractivity contribution in [2.75, 3.05) is 13.1 Å². The zero-order valence-electron chi connectivity index (χ0n) is 16.4. The van der Waals surface area contributed by atoms with Gasteiger partial charge in [-0.1, -0.05) is 35.9 Å². The summed E-state index contributed by atoms with van der Waals surface area (Å²) in [4.78, 5) is 6.60. The lowest BCUT2D eigenvalue weighted by Crippen LogP contribution is -2.31. The third kappa shape index (κ3) is 4.44. The molecule has 148 valence electrons. The smallest absolute Gasteiger partial charge is 0.0991 e. The van der Waals surface area contributed by atoms with E-state index in [0.717, 1.165) is 47.5 Å². The summed E-state index contributed by atoms with van der Waals surface area (Å²) in [7, 11) is 0. The molecule has 2 aromatic carbocycles. The standard InChI is InChI=1S/C24H20ClN5/c25-22-3-1-2-20(10-22)24-8-9-29(15-21(24)12-27)16-23-13-28-17-30(23)14-19-6-4-18(11-26)5-7-19/h1-7,10,13,17H,8-9,14-16H2. The number of hydrogen-bond acceptors (Lipinski definition) is 4. The third-order valence-corrected chi connectivity index (χ3v) is 5.59. The van der Waals surface area contributed by atoms with Crippen molar-refractivity contribution in [2.45, 2.75) is 19.5 Å². The highest BCUT2D eigenvalue weighted by Crippen LogP contribution is 2.29. The largest absolute Gasteiger partial charge is 0.329 e. The summed E-state index contributed by atoms with van der Waals surface area (Å²) in [6.07, 6.45) is 4.52. The van der Waals surface area contributed by atoms with Gasteiger partial charge in [-0.15, -0.1) is 0 Å². The molecule has 2 heterocycles. The van der Waals surface area contributed by atoms with Crippen LogP contribution in [0.5, 0.6) is 0 Å². The van der Waals surface area contributed by atoms with E-state index in [0.29, 0.717) is 23.7 Å². The molecule has 1 aromatic heterocycles. The normalized spacial score (nSPS) is 14.4. The van der Waals surface area contributed by atoms with E-state index in [4.69, 9.17) is 16.9 Å². The molecule has 30 heavy (non-hydrogen) atoms. The van der Waals surface area contributed by atoms with E-state index < -0.39 is 0 Å². The molecule has 0 atom stereocenters. The summed E-state index contributed by atoms with van der Waals surface area (Å²) in [5.74, 6) is 0. The van der Waals surface area contributed by atoms with E-state index in [9.17, 15) is 5.26 Å². The zero-order valence-corrected chi connectivity index (χ0v) is 17.2. The second-order valence-electron chi connectivity index (χ2n) is 7.36. The van der Waals surface area contributed by atoms with Gasteiger partial charge in [-0.05, 0) is 47.4 Å². The quantitative estimate of drug-likeness (QED) is 0.611.